The zero-order chi connectivity index (χ0) is 12.9. The van der Waals surface area contributed by atoms with Crippen molar-refractivity contribution in [2.24, 2.45) is 0 Å². The van der Waals surface area contributed by atoms with Gasteiger partial charge in [-0.25, -0.2) is 4.68 Å². The van der Waals surface area contributed by atoms with Gasteiger partial charge in [0, 0.05) is 12.7 Å². The van der Waals surface area contributed by atoms with Gasteiger partial charge in [0.15, 0.2) is 6.10 Å². The molecule has 0 aliphatic heterocycles. The molecule has 8 heteroatoms. The maximum atomic E-state index is 12.1. The molecule has 0 aliphatic carbocycles. The van der Waals surface area contributed by atoms with E-state index in [0.717, 1.165) is 12.6 Å². The van der Waals surface area contributed by atoms with Crippen LogP contribution in [0.1, 0.15) is 12.6 Å². The average molecular weight is 252 g/mol. The molecular formula is C9H15F3N4O. The summed E-state index contributed by atoms with van der Waals surface area (Å²) in [5, 5.41) is 10.5. The number of halogens is 3. The summed E-state index contributed by atoms with van der Waals surface area (Å²) in [6.07, 6.45) is -4.42. The zero-order valence-electron chi connectivity index (χ0n) is 9.66. The predicted molar refractivity (Wildman–Crippen MR) is 54.3 cm³/mol. The number of rotatable bonds is 6. The number of hydrogen-bond donors (Lipinski definition) is 1. The largest absolute Gasteiger partial charge is 0.414 e. The van der Waals surface area contributed by atoms with Gasteiger partial charge in [0.05, 0.1) is 18.8 Å². The second-order valence-corrected chi connectivity index (χ2v) is 3.56. The number of nitrogens with zero attached hydrogens (tertiary/aromatic N) is 3. The van der Waals surface area contributed by atoms with E-state index in [9.17, 15) is 13.2 Å². The predicted octanol–water partition coefficient (Wildman–Crippen LogP) is 0.965. The third-order valence-corrected chi connectivity index (χ3v) is 2.09. The summed E-state index contributed by atoms with van der Waals surface area (Å²) in [5.74, 6) is 0. The SMILES string of the molecule is CNCc1cn(CCOC(C)C(F)(F)F)nn1. The summed E-state index contributed by atoms with van der Waals surface area (Å²) in [7, 11) is 1.77. The van der Waals surface area contributed by atoms with Gasteiger partial charge in [0.25, 0.3) is 0 Å². The molecular weight excluding hydrogens is 237 g/mol. The smallest absolute Gasteiger partial charge is 0.367 e. The molecule has 0 aromatic carbocycles. The van der Waals surface area contributed by atoms with Crippen LogP contribution in [-0.2, 0) is 17.8 Å². The fourth-order valence-electron chi connectivity index (χ4n) is 1.13. The monoisotopic (exact) mass is 252 g/mol. The minimum atomic E-state index is -4.32. The quantitative estimate of drug-likeness (QED) is 0.819. The Morgan fingerprint density at radius 3 is 2.82 bits per heavy atom. The number of ether oxygens (including phenoxy) is 1. The van der Waals surface area contributed by atoms with E-state index in [4.69, 9.17) is 0 Å². The molecule has 1 heterocycles. The van der Waals surface area contributed by atoms with Crippen LogP contribution < -0.4 is 5.32 Å². The highest BCUT2D eigenvalue weighted by molar-refractivity contribution is 4.90. The molecule has 0 radical (unpaired) electrons. The molecule has 98 valence electrons. The van der Waals surface area contributed by atoms with Crippen LogP contribution in [0.25, 0.3) is 0 Å². The second kappa shape index (κ2) is 5.97. The lowest BCUT2D eigenvalue weighted by Crippen LogP contribution is -2.29. The molecule has 0 saturated heterocycles. The molecule has 1 aromatic heterocycles. The van der Waals surface area contributed by atoms with Gasteiger partial charge in [0.1, 0.15) is 0 Å². The van der Waals surface area contributed by atoms with Crippen LogP contribution in [0.4, 0.5) is 13.2 Å². The van der Waals surface area contributed by atoms with E-state index < -0.39 is 12.3 Å². The van der Waals surface area contributed by atoms with E-state index in [1.165, 1.54) is 4.68 Å². The first-order chi connectivity index (χ1) is 7.93. The molecule has 0 amide bonds. The Hall–Kier alpha value is -1.15. The van der Waals surface area contributed by atoms with Crippen molar-refractivity contribution in [3.63, 3.8) is 0 Å². The highest BCUT2D eigenvalue weighted by Crippen LogP contribution is 2.22. The van der Waals surface area contributed by atoms with Crippen molar-refractivity contribution in [3.8, 4) is 0 Å². The van der Waals surface area contributed by atoms with E-state index >= 15 is 0 Å². The fourth-order valence-corrected chi connectivity index (χ4v) is 1.13. The normalized spacial score (nSPS) is 13.9. The molecule has 1 unspecified atom stereocenters. The fraction of sp³-hybridized carbons (Fsp3) is 0.778. The van der Waals surface area contributed by atoms with Crippen LogP contribution in [0, 0.1) is 0 Å². The molecule has 17 heavy (non-hydrogen) atoms. The van der Waals surface area contributed by atoms with E-state index in [0.29, 0.717) is 6.54 Å². The third kappa shape index (κ3) is 4.70. The molecule has 0 saturated carbocycles. The standard InChI is InChI=1S/C9H15F3N4O/c1-7(9(10,11)12)17-4-3-16-6-8(5-13-2)14-15-16/h6-7,13H,3-5H2,1-2H3. The van der Waals surface area contributed by atoms with E-state index in [2.05, 4.69) is 20.4 Å². The highest BCUT2D eigenvalue weighted by atomic mass is 19.4. The lowest BCUT2D eigenvalue weighted by atomic mass is 10.4. The Bertz CT molecular complexity index is 339. The maximum absolute atomic E-state index is 12.1. The van der Waals surface area contributed by atoms with Crippen molar-refractivity contribution >= 4 is 0 Å². The van der Waals surface area contributed by atoms with Gasteiger partial charge in [0.2, 0.25) is 0 Å². The Labute approximate surface area is 96.9 Å². The minimum absolute atomic E-state index is 0.0525. The lowest BCUT2D eigenvalue weighted by Gasteiger charge is -2.15. The lowest BCUT2D eigenvalue weighted by molar-refractivity contribution is -0.214. The summed E-state index contributed by atoms with van der Waals surface area (Å²) >= 11 is 0. The summed E-state index contributed by atoms with van der Waals surface area (Å²) in [5.41, 5.74) is 0.733. The van der Waals surface area contributed by atoms with Crippen LogP contribution in [0.3, 0.4) is 0 Å². The molecule has 1 aromatic rings. The minimum Gasteiger partial charge on any atom is -0.367 e. The van der Waals surface area contributed by atoms with Gasteiger partial charge in [-0.15, -0.1) is 5.10 Å². The first-order valence-corrected chi connectivity index (χ1v) is 5.15. The summed E-state index contributed by atoms with van der Waals surface area (Å²) < 4.78 is 42.4. The molecule has 0 spiro atoms. The van der Waals surface area contributed by atoms with Crippen LogP contribution in [-0.4, -0.2) is 40.9 Å². The van der Waals surface area contributed by atoms with Crippen LogP contribution in [0.15, 0.2) is 6.20 Å². The zero-order valence-corrected chi connectivity index (χ0v) is 9.66. The van der Waals surface area contributed by atoms with E-state index in [1.54, 1.807) is 13.2 Å². The van der Waals surface area contributed by atoms with Gasteiger partial charge in [-0.2, -0.15) is 13.2 Å². The molecule has 1 rings (SSSR count). The van der Waals surface area contributed by atoms with Crippen molar-refractivity contribution in [2.45, 2.75) is 32.3 Å². The topological polar surface area (TPSA) is 52.0 Å². The molecule has 0 fully saturated rings. The Kier molecular flexibility index (Phi) is 4.88. The van der Waals surface area contributed by atoms with Crippen molar-refractivity contribution in [1.82, 2.24) is 20.3 Å². The molecule has 1 N–H and O–H groups in total. The Morgan fingerprint density at radius 1 is 1.53 bits per heavy atom. The maximum Gasteiger partial charge on any atom is 0.414 e. The van der Waals surface area contributed by atoms with Gasteiger partial charge in [-0.3, -0.25) is 0 Å². The molecule has 0 bridgehead atoms. The molecule has 1 atom stereocenters. The third-order valence-electron chi connectivity index (χ3n) is 2.09. The first kappa shape index (κ1) is 13.9. The van der Waals surface area contributed by atoms with Gasteiger partial charge >= 0.3 is 6.18 Å². The summed E-state index contributed by atoms with van der Waals surface area (Å²) in [6.45, 7) is 1.74. The van der Waals surface area contributed by atoms with Gasteiger partial charge in [-0.1, -0.05) is 5.21 Å². The van der Waals surface area contributed by atoms with Gasteiger partial charge < -0.3 is 10.1 Å². The number of aromatic nitrogens is 3. The number of nitrogens with one attached hydrogen (secondary N) is 1. The molecule has 0 aliphatic rings. The highest BCUT2D eigenvalue weighted by Gasteiger charge is 2.36. The number of alkyl halides is 3. The summed E-state index contributed by atoms with van der Waals surface area (Å²) in [6, 6.07) is 0. The Balaban J connectivity index is 2.30. The van der Waals surface area contributed by atoms with Crippen LogP contribution in [0.2, 0.25) is 0 Å². The van der Waals surface area contributed by atoms with Crippen molar-refractivity contribution < 1.29 is 17.9 Å². The van der Waals surface area contributed by atoms with E-state index in [-0.39, 0.29) is 13.2 Å². The van der Waals surface area contributed by atoms with Crippen molar-refractivity contribution in [1.29, 1.82) is 0 Å². The second-order valence-electron chi connectivity index (χ2n) is 3.56. The van der Waals surface area contributed by atoms with Gasteiger partial charge in [-0.05, 0) is 14.0 Å². The van der Waals surface area contributed by atoms with Crippen LogP contribution >= 0.6 is 0 Å². The first-order valence-electron chi connectivity index (χ1n) is 5.15. The summed E-state index contributed by atoms with van der Waals surface area (Å²) in [4.78, 5) is 0. The number of hydrogen-bond acceptors (Lipinski definition) is 4. The average Bonchev–Trinajstić information content (AvgIpc) is 2.65. The van der Waals surface area contributed by atoms with Crippen molar-refractivity contribution in [2.75, 3.05) is 13.7 Å². The molecule has 5 nitrogen and oxygen atoms in total. The van der Waals surface area contributed by atoms with Crippen LogP contribution in [0.5, 0.6) is 0 Å². The Morgan fingerprint density at radius 2 is 2.24 bits per heavy atom. The van der Waals surface area contributed by atoms with Crippen molar-refractivity contribution in [3.05, 3.63) is 11.9 Å². The van der Waals surface area contributed by atoms with E-state index in [1.807, 2.05) is 0 Å².